The Morgan fingerprint density at radius 2 is 0.936 bits per heavy atom. The Morgan fingerprint density at radius 3 is 1.40 bits per heavy atom. The van der Waals surface area contributed by atoms with Crippen LogP contribution in [0, 0.1) is 0 Å². The van der Waals surface area contributed by atoms with E-state index in [2.05, 4.69) is 31.9 Å². The summed E-state index contributed by atoms with van der Waals surface area (Å²) in [4.78, 5) is 106. The van der Waals surface area contributed by atoms with Gasteiger partial charge in [0.25, 0.3) is 5.91 Å². The molecule has 78 heavy (non-hydrogen) atoms. The van der Waals surface area contributed by atoms with E-state index in [0.29, 0.717) is 6.42 Å². The SMILES string of the molecule is CCC1C[C@H](NC(=O)OC(C)(C)C)C(OC(C)=O)[C@H](O[C@H]2C(O)C(O[C@@H]3OC(CNC(=O)OC(C)(C)C)CCC3NC(=O)OC(C)(C)C)[C@@H](NC(=O)OC(C)(C)C)C[C@H]2NC(=O)[C@H](CCNC(=O)OC(C)(C)C)OC(C)=O)O1. The van der Waals surface area contributed by atoms with Crippen LogP contribution in [0.1, 0.15) is 163 Å². The first-order valence-electron chi connectivity index (χ1n) is 26.6. The van der Waals surface area contributed by atoms with Crippen molar-refractivity contribution in [2.24, 2.45) is 0 Å². The van der Waals surface area contributed by atoms with Crippen LogP contribution in [0.15, 0.2) is 0 Å². The van der Waals surface area contributed by atoms with Crippen molar-refractivity contribution < 1.29 is 95.6 Å². The lowest BCUT2D eigenvalue weighted by molar-refractivity contribution is -0.303. The molecule has 1 aliphatic carbocycles. The maximum atomic E-state index is 14.5. The summed E-state index contributed by atoms with van der Waals surface area (Å²) in [5.41, 5.74) is -4.55. The summed E-state index contributed by atoms with van der Waals surface area (Å²) in [6.45, 7) is 28.8. The number of rotatable bonds is 17. The zero-order valence-electron chi connectivity index (χ0n) is 48.9. The van der Waals surface area contributed by atoms with Gasteiger partial charge in [0, 0.05) is 33.4 Å². The highest BCUT2D eigenvalue weighted by molar-refractivity contribution is 5.84. The van der Waals surface area contributed by atoms with Gasteiger partial charge in [-0.1, -0.05) is 6.92 Å². The van der Waals surface area contributed by atoms with Crippen LogP contribution >= 0.6 is 0 Å². The molecule has 7 N–H and O–H groups in total. The summed E-state index contributed by atoms with van der Waals surface area (Å²) >= 11 is 0. The lowest BCUT2D eigenvalue weighted by Crippen LogP contribution is -2.69. The Kier molecular flexibility index (Phi) is 24.1. The van der Waals surface area contributed by atoms with Gasteiger partial charge in [-0.15, -0.1) is 0 Å². The molecule has 3 rings (SSSR count). The molecule has 6 amide bonds. The van der Waals surface area contributed by atoms with Crippen molar-refractivity contribution in [2.75, 3.05) is 13.1 Å². The zero-order chi connectivity index (χ0) is 59.3. The van der Waals surface area contributed by atoms with Crippen molar-refractivity contribution in [3.8, 4) is 0 Å². The molecule has 13 atom stereocenters. The topological polar surface area (TPSA) is 330 Å². The number of nitrogens with one attached hydrogen (secondary N) is 6. The number of aliphatic hydroxyl groups is 1. The van der Waals surface area contributed by atoms with Crippen LogP contribution < -0.4 is 31.9 Å². The molecule has 0 aromatic rings. The minimum absolute atomic E-state index is 0.0783. The van der Waals surface area contributed by atoms with Crippen LogP contribution in [0.5, 0.6) is 0 Å². The highest BCUT2D eigenvalue weighted by atomic mass is 16.7. The predicted octanol–water partition coefficient (Wildman–Crippen LogP) is 5.02. The first-order valence-corrected chi connectivity index (χ1v) is 26.6. The van der Waals surface area contributed by atoms with Crippen LogP contribution in [0.25, 0.3) is 0 Å². The molecule has 3 aliphatic rings. The third-order valence-corrected chi connectivity index (χ3v) is 11.3. The van der Waals surface area contributed by atoms with Crippen LogP contribution in [0.3, 0.4) is 0 Å². The van der Waals surface area contributed by atoms with Gasteiger partial charge in [0.1, 0.15) is 46.3 Å². The van der Waals surface area contributed by atoms with Crippen molar-refractivity contribution in [2.45, 2.75) is 271 Å². The fourth-order valence-corrected chi connectivity index (χ4v) is 8.42. The maximum absolute atomic E-state index is 14.5. The highest BCUT2D eigenvalue weighted by Crippen LogP contribution is 2.35. The van der Waals surface area contributed by atoms with E-state index >= 15 is 0 Å². The monoisotopic (exact) mass is 1120 g/mol. The second-order valence-corrected chi connectivity index (χ2v) is 24.5. The van der Waals surface area contributed by atoms with Crippen LogP contribution in [-0.4, -0.2) is 174 Å². The number of hydrogen-bond acceptors (Lipinski definition) is 20. The molecule has 0 spiro atoms. The molecule has 0 bridgehead atoms. The number of aliphatic hydroxyl groups excluding tert-OH is 1. The Morgan fingerprint density at radius 1 is 0.513 bits per heavy atom. The molecule has 26 nitrogen and oxygen atoms in total. The Bertz CT molecular complexity index is 2040. The van der Waals surface area contributed by atoms with E-state index < -0.39 is 156 Å². The second kappa shape index (κ2) is 28.1. The zero-order valence-corrected chi connectivity index (χ0v) is 48.9. The van der Waals surface area contributed by atoms with Crippen molar-refractivity contribution in [1.82, 2.24) is 31.9 Å². The lowest BCUT2D eigenvalue weighted by Gasteiger charge is -2.49. The Balaban J connectivity index is 2.24. The molecule has 2 aliphatic heterocycles. The second-order valence-electron chi connectivity index (χ2n) is 24.5. The van der Waals surface area contributed by atoms with Gasteiger partial charge in [0.05, 0.1) is 36.4 Å². The van der Waals surface area contributed by atoms with E-state index in [9.17, 15) is 43.5 Å². The number of carbonyl (C=O) groups excluding carboxylic acids is 8. The van der Waals surface area contributed by atoms with Gasteiger partial charge in [0.15, 0.2) is 24.8 Å². The van der Waals surface area contributed by atoms with Gasteiger partial charge in [-0.25, -0.2) is 24.0 Å². The van der Waals surface area contributed by atoms with Gasteiger partial charge >= 0.3 is 42.4 Å². The quantitative estimate of drug-likeness (QED) is 0.0742. The molecule has 2 heterocycles. The third-order valence-electron chi connectivity index (χ3n) is 11.3. The van der Waals surface area contributed by atoms with Gasteiger partial charge in [0.2, 0.25) is 0 Å². The van der Waals surface area contributed by atoms with E-state index in [1.807, 2.05) is 6.92 Å². The normalized spacial score (nSPS) is 27.3. The highest BCUT2D eigenvalue weighted by Gasteiger charge is 2.53. The summed E-state index contributed by atoms with van der Waals surface area (Å²) in [6, 6.07) is -4.67. The average molecular weight is 1120 g/mol. The van der Waals surface area contributed by atoms with Crippen LogP contribution in [0.2, 0.25) is 0 Å². The lowest BCUT2D eigenvalue weighted by atomic mass is 9.83. The minimum Gasteiger partial charge on any atom is -0.455 e. The van der Waals surface area contributed by atoms with Crippen LogP contribution in [-0.2, 0) is 66.5 Å². The molecule has 0 radical (unpaired) electrons. The van der Waals surface area contributed by atoms with E-state index in [1.165, 1.54) is 0 Å². The largest absolute Gasteiger partial charge is 0.455 e. The van der Waals surface area contributed by atoms with Gasteiger partial charge in [-0.05, 0) is 136 Å². The van der Waals surface area contributed by atoms with E-state index in [1.54, 1.807) is 104 Å². The third kappa shape index (κ3) is 24.7. The van der Waals surface area contributed by atoms with Gasteiger partial charge in [-0.3, -0.25) is 14.4 Å². The number of alkyl carbamates (subject to hydrolysis) is 5. The standard InChI is InChI=1S/C52H90N6O20/c1-19-29-24-32(57-46(66)77-51(13,14)15)39(69-28(3)60)42(70-29)73-37-33(55-40(62)35(68-27(2)59)22-23-53-43(63)74-48(4,5)6)25-34(58-47(67)78-52(16,17)18)38(36(37)61)72-41-31(56-45(65)76-50(10,11)12)21-20-30(71-41)26-54-44(64)75-49(7,8)9/h29-39,41-42,61H,19-26H2,1-18H3,(H,53,63)(H,54,64)(H,55,62)(H,56,65)(H,57,66)(H,58,67)/t29?,30?,31?,32-,33+,34-,35-,36?,37+,38?,39?,41-,42-/m0/s1. The fourth-order valence-electron chi connectivity index (χ4n) is 8.42. The number of carbonyl (C=O) groups is 8. The molecular weight excluding hydrogens is 1030 g/mol. The molecule has 0 aromatic carbocycles. The summed E-state index contributed by atoms with van der Waals surface area (Å²) in [5.74, 6) is -2.57. The first-order chi connectivity index (χ1) is 35.7. The number of hydrogen-bond donors (Lipinski definition) is 7. The van der Waals surface area contributed by atoms with Crippen molar-refractivity contribution in [3.63, 3.8) is 0 Å². The molecule has 0 aromatic heterocycles. The first kappa shape index (κ1) is 66.8. The summed E-state index contributed by atoms with van der Waals surface area (Å²) in [5, 5.41) is 29.3. The Hall–Kier alpha value is -5.44. The smallest absolute Gasteiger partial charge is 0.408 e. The van der Waals surface area contributed by atoms with Crippen LogP contribution in [0.4, 0.5) is 24.0 Å². The molecule has 2 saturated heterocycles. The van der Waals surface area contributed by atoms with E-state index in [4.69, 9.17) is 52.1 Å². The summed E-state index contributed by atoms with van der Waals surface area (Å²) in [6.07, 6.45) is -16.5. The Labute approximate surface area is 458 Å². The fraction of sp³-hybridized carbons (Fsp3) is 0.846. The number of ether oxygens (including phenoxy) is 11. The van der Waals surface area contributed by atoms with Gasteiger partial charge in [-0.2, -0.15) is 0 Å². The predicted molar refractivity (Wildman–Crippen MR) is 277 cm³/mol. The van der Waals surface area contributed by atoms with Crippen molar-refractivity contribution in [1.29, 1.82) is 0 Å². The molecule has 1 saturated carbocycles. The molecule has 448 valence electrons. The number of amides is 6. The van der Waals surface area contributed by atoms with E-state index in [-0.39, 0.29) is 45.2 Å². The van der Waals surface area contributed by atoms with Crippen molar-refractivity contribution in [3.05, 3.63) is 0 Å². The summed E-state index contributed by atoms with van der Waals surface area (Å²) < 4.78 is 65.0. The summed E-state index contributed by atoms with van der Waals surface area (Å²) in [7, 11) is 0. The van der Waals surface area contributed by atoms with Crippen molar-refractivity contribution >= 4 is 48.3 Å². The molecule has 26 heteroatoms. The number of esters is 2. The molecule has 6 unspecified atom stereocenters. The maximum Gasteiger partial charge on any atom is 0.408 e. The molecular formula is C52H90N6O20. The average Bonchev–Trinajstić information content (AvgIpc) is 3.23. The van der Waals surface area contributed by atoms with E-state index in [0.717, 1.165) is 13.8 Å². The minimum atomic E-state index is -1.93. The molecule has 3 fully saturated rings. The van der Waals surface area contributed by atoms with Gasteiger partial charge < -0.3 is 89.1 Å².